The largest absolute Gasteiger partial charge is 0.348 e. The van der Waals surface area contributed by atoms with E-state index in [0.717, 1.165) is 10.6 Å². The highest BCUT2D eigenvalue weighted by atomic mass is 32.2. The van der Waals surface area contributed by atoms with Crippen LogP contribution in [0.5, 0.6) is 0 Å². The lowest BCUT2D eigenvalue weighted by Gasteiger charge is -2.35. The molecule has 118 valence electrons. The van der Waals surface area contributed by atoms with Crippen molar-refractivity contribution in [2.24, 2.45) is 0 Å². The Labute approximate surface area is 138 Å². The second kappa shape index (κ2) is 5.59. The summed E-state index contributed by atoms with van der Waals surface area (Å²) in [5, 5.41) is 1.98. The Bertz CT molecular complexity index is 902. The summed E-state index contributed by atoms with van der Waals surface area (Å²) in [4.78, 5) is 5.22. The van der Waals surface area contributed by atoms with Crippen LogP contribution in [-0.4, -0.2) is 28.8 Å². The van der Waals surface area contributed by atoms with Gasteiger partial charge in [-0.3, -0.25) is 4.98 Å². The van der Waals surface area contributed by atoms with Gasteiger partial charge in [-0.25, -0.2) is 8.42 Å². The molecular weight excluding hydrogens is 330 g/mol. The number of fused-ring (bicyclic) bond motifs is 1. The molecule has 5 nitrogen and oxygen atoms in total. The van der Waals surface area contributed by atoms with Gasteiger partial charge in [0.15, 0.2) is 0 Å². The van der Waals surface area contributed by atoms with Crippen LogP contribution >= 0.6 is 11.3 Å². The van der Waals surface area contributed by atoms with Crippen LogP contribution in [0.3, 0.4) is 0 Å². The van der Waals surface area contributed by atoms with Crippen LogP contribution in [0.25, 0.3) is 0 Å². The number of hydrogen-bond donors (Lipinski definition) is 0. The van der Waals surface area contributed by atoms with Gasteiger partial charge >= 0.3 is 0 Å². The SMILES string of the molecule is O=S(=O)(c1cccnc1)N1CCn2cccc2C1c1cccs1. The molecule has 3 aromatic rings. The molecule has 0 bridgehead atoms. The Hall–Kier alpha value is -1.96. The first-order chi connectivity index (χ1) is 11.2. The average molecular weight is 345 g/mol. The monoisotopic (exact) mass is 345 g/mol. The number of nitrogens with zero attached hydrogens (tertiary/aromatic N) is 3. The summed E-state index contributed by atoms with van der Waals surface area (Å²) in [6.45, 7) is 1.10. The van der Waals surface area contributed by atoms with E-state index in [4.69, 9.17) is 0 Å². The van der Waals surface area contributed by atoms with Crippen molar-refractivity contribution in [2.45, 2.75) is 17.5 Å². The molecule has 0 radical (unpaired) electrons. The van der Waals surface area contributed by atoms with Gasteiger partial charge in [-0.05, 0) is 35.7 Å². The third-order valence-corrected chi connectivity index (χ3v) is 6.82. The molecule has 1 atom stereocenters. The van der Waals surface area contributed by atoms with Gasteiger partial charge in [-0.1, -0.05) is 6.07 Å². The van der Waals surface area contributed by atoms with Crippen LogP contribution in [0.1, 0.15) is 16.6 Å². The van der Waals surface area contributed by atoms with Crippen LogP contribution in [0.15, 0.2) is 65.3 Å². The van der Waals surface area contributed by atoms with E-state index < -0.39 is 10.0 Å². The minimum atomic E-state index is -3.59. The summed E-state index contributed by atoms with van der Waals surface area (Å²) in [6.07, 6.45) is 5.00. The van der Waals surface area contributed by atoms with E-state index >= 15 is 0 Å². The molecule has 7 heteroatoms. The second-order valence-electron chi connectivity index (χ2n) is 5.35. The molecule has 4 rings (SSSR count). The summed E-state index contributed by atoms with van der Waals surface area (Å²) in [5.74, 6) is 0. The lowest BCUT2D eigenvalue weighted by molar-refractivity contribution is 0.301. The first-order valence-corrected chi connectivity index (χ1v) is 9.60. The molecular formula is C16H15N3O2S2. The van der Waals surface area contributed by atoms with Gasteiger partial charge in [0.2, 0.25) is 10.0 Å². The standard InChI is InChI=1S/C16H15N3O2S2/c20-23(21,13-4-1-7-17-12-13)19-10-9-18-8-2-5-14(18)16(19)15-6-3-11-22-15/h1-8,11-12,16H,9-10H2. The van der Waals surface area contributed by atoms with Crippen LogP contribution in [0.4, 0.5) is 0 Å². The van der Waals surface area contributed by atoms with Crippen molar-refractivity contribution in [1.82, 2.24) is 13.9 Å². The summed E-state index contributed by atoms with van der Waals surface area (Å²) >= 11 is 1.58. The predicted octanol–water partition coefficient (Wildman–Crippen LogP) is 2.74. The number of sulfonamides is 1. The molecule has 0 aromatic carbocycles. The van der Waals surface area contributed by atoms with Crippen molar-refractivity contribution in [3.05, 3.63) is 70.9 Å². The van der Waals surface area contributed by atoms with Crippen LogP contribution in [0.2, 0.25) is 0 Å². The summed E-state index contributed by atoms with van der Waals surface area (Å²) < 4.78 is 29.9. The highest BCUT2D eigenvalue weighted by Crippen LogP contribution is 2.38. The maximum absolute atomic E-state index is 13.1. The van der Waals surface area contributed by atoms with Gasteiger partial charge in [0.05, 0.1) is 6.04 Å². The maximum Gasteiger partial charge on any atom is 0.245 e. The smallest absolute Gasteiger partial charge is 0.245 e. The fourth-order valence-electron chi connectivity index (χ4n) is 2.99. The number of aromatic nitrogens is 2. The zero-order chi connectivity index (χ0) is 15.9. The Balaban J connectivity index is 1.85. The Morgan fingerprint density at radius 2 is 2.04 bits per heavy atom. The zero-order valence-electron chi connectivity index (χ0n) is 12.2. The quantitative estimate of drug-likeness (QED) is 0.733. The van der Waals surface area contributed by atoms with Crippen molar-refractivity contribution in [3.63, 3.8) is 0 Å². The lowest BCUT2D eigenvalue weighted by Crippen LogP contribution is -2.42. The molecule has 23 heavy (non-hydrogen) atoms. The molecule has 1 unspecified atom stereocenters. The third-order valence-electron chi connectivity index (χ3n) is 4.05. The molecule has 1 aliphatic heterocycles. The van der Waals surface area contributed by atoms with E-state index in [0.29, 0.717) is 13.1 Å². The Kier molecular flexibility index (Phi) is 3.56. The molecule has 3 aromatic heterocycles. The van der Waals surface area contributed by atoms with E-state index in [1.165, 1.54) is 6.20 Å². The number of pyridine rings is 1. The fraction of sp³-hybridized carbons (Fsp3) is 0.188. The topological polar surface area (TPSA) is 55.2 Å². The van der Waals surface area contributed by atoms with Crippen LogP contribution in [-0.2, 0) is 16.6 Å². The zero-order valence-corrected chi connectivity index (χ0v) is 13.9. The molecule has 0 amide bonds. The van der Waals surface area contributed by atoms with Crippen LogP contribution in [0, 0.1) is 0 Å². The van der Waals surface area contributed by atoms with Crippen molar-refractivity contribution < 1.29 is 8.42 Å². The van der Waals surface area contributed by atoms with E-state index in [1.54, 1.807) is 34.0 Å². The fourth-order valence-corrected chi connectivity index (χ4v) is 5.44. The molecule has 4 heterocycles. The van der Waals surface area contributed by atoms with E-state index in [-0.39, 0.29) is 10.9 Å². The third kappa shape index (κ3) is 2.41. The molecule has 1 aliphatic rings. The minimum absolute atomic E-state index is 0.238. The van der Waals surface area contributed by atoms with Crippen molar-refractivity contribution in [3.8, 4) is 0 Å². The number of thiophene rings is 1. The average Bonchev–Trinajstić information content (AvgIpc) is 3.26. The molecule has 0 saturated carbocycles. The van der Waals surface area contributed by atoms with Gasteiger partial charge in [0.25, 0.3) is 0 Å². The van der Waals surface area contributed by atoms with Gasteiger partial charge in [0, 0.05) is 42.3 Å². The van der Waals surface area contributed by atoms with Gasteiger partial charge < -0.3 is 4.57 Å². The summed E-state index contributed by atoms with van der Waals surface area (Å²) in [5.41, 5.74) is 1.01. The van der Waals surface area contributed by atoms with E-state index in [2.05, 4.69) is 9.55 Å². The molecule has 0 spiro atoms. The van der Waals surface area contributed by atoms with E-state index in [1.807, 2.05) is 35.8 Å². The summed E-state index contributed by atoms with van der Waals surface area (Å²) in [6, 6.07) is 10.9. The predicted molar refractivity (Wildman–Crippen MR) is 88.7 cm³/mol. The molecule has 0 aliphatic carbocycles. The van der Waals surface area contributed by atoms with Crippen molar-refractivity contribution in [1.29, 1.82) is 0 Å². The van der Waals surface area contributed by atoms with Gasteiger partial charge in [-0.2, -0.15) is 4.31 Å². The molecule has 0 fully saturated rings. The lowest BCUT2D eigenvalue weighted by atomic mass is 10.1. The maximum atomic E-state index is 13.1. The minimum Gasteiger partial charge on any atom is -0.348 e. The highest BCUT2D eigenvalue weighted by molar-refractivity contribution is 7.89. The van der Waals surface area contributed by atoms with Crippen molar-refractivity contribution in [2.75, 3.05) is 6.54 Å². The number of hydrogen-bond acceptors (Lipinski definition) is 4. The highest BCUT2D eigenvalue weighted by Gasteiger charge is 2.38. The first kappa shape index (κ1) is 14.6. The Morgan fingerprint density at radius 1 is 1.13 bits per heavy atom. The van der Waals surface area contributed by atoms with E-state index in [9.17, 15) is 8.42 Å². The number of rotatable bonds is 3. The van der Waals surface area contributed by atoms with Crippen molar-refractivity contribution >= 4 is 21.4 Å². The Morgan fingerprint density at radius 3 is 2.78 bits per heavy atom. The van der Waals surface area contributed by atoms with Gasteiger partial charge in [0.1, 0.15) is 4.90 Å². The molecule has 0 N–H and O–H groups in total. The second-order valence-corrected chi connectivity index (χ2v) is 8.22. The molecule has 0 saturated heterocycles. The first-order valence-electron chi connectivity index (χ1n) is 7.28. The summed E-state index contributed by atoms with van der Waals surface area (Å²) in [7, 11) is -3.59. The normalized spacial score (nSPS) is 18.7. The van der Waals surface area contributed by atoms with Gasteiger partial charge in [-0.15, -0.1) is 11.3 Å². The van der Waals surface area contributed by atoms with Crippen LogP contribution < -0.4 is 0 Å².